The van der Waals surface area contributed by atoms with Crippen LogP contribution in [0.2, 0.25) is 0 Å². The molecule has 4 N–H and O–H groups in total. The topological polar surface area (TPSA) is 98.0 Å². The number of hydrogen-bond donors (Lipinski definition) is 4. The summed E-state index contributed by atoms with van der Waals surface area (Å²) in [6, 6.07) is 0. The highest BCUT2D eigenvalue weighted by molar-refractivity contribution is 5.56. The molecule has 0 aromatic heterocycles. The van der Waals surface area contributed by atoms with Crippen molar-refractivity contribution in [2.75, 3.05) is 6.61 Å². The quantitative estimate of drug-likeness (QED) is 0.355. The van der Waals surface area contributed by atoms with Gasteiger partial charge in [0.05, 0.1) is 6.61 Å². The summed E-state index contributed by atoms with van der Waals surface area (Å²) in [5, 5.41) is 34.6. The molecule has 0 unspecified atom stereocenters. The summed E-state index contributed by atoms with van der Waals surface area (Å²) in [5.74, 6) is 0. The van der Waals surface area contributed by atoms with Crippen LogP contribution in [0.3, 0.4) is 0 Å². The number of carbonyl (C=O) groups is 1. The van der Waals surface area contributed by atoms with E-state index in [1.165, 1.54) is 0 Å². The first-order valence-electron chi connectivity index (χ1n) is 3.29. The van der Waals surface area contributed by atoms with Crippen LogP contribution in [0.5, 0.6) is 0 Å². The van der Waals surface area contributed by atoms with Crippen molar-refractivity contribution in [3.05, 3.63) is 0 Å². The van der Waals surface area contributed by atoms with Crippen molar-refractivity contribution in [2.45, 2.75) is 24.5 Å². The van der Waals surface area contributed by atoms with Gasteiger partial charge in [0.2, 0.25) is 0 Å². The standard InChI is InChI=1S/C6H11FO5/c7-3(1-8)5(11)6(12)4(10)2-9/h1,3-6,9-12H,2H2/t3-,4-,5-,6+/m1/s1. The average molecular weight is 182 g/mol. The van der Waals surface area contributed by atoms with Gasteiger partial charge in [0.25, 0.3) is 0 Å². The number of carbonyl (C=O) groups excluding carboxylic acids is 1. The zero-order valence-corrected chi connectivity index (χ0v) is 6.17. The van der Waals surface area contributed by atoms with Crippen LogP contribution >= 0.6 is 0 Å². The smallest absolute Gasteiger partial charge is 0.183 e. The van der Waals surface area contributed by atoms with Crippen LogP contribution in [-0.2, 0) is 4.79 Å². The second kappa shape index (κ2) is 5.15. The first kappa shape index (κ1) is 11.4. The second-order valence-corrected chi connectivity index (χ2v) is 2.31. The molecule has 0 saturated carbocycles. The Morgan fingerprint density at radius 2 is 1.75 bits per heavy atom. The number of alkyl halides is 1. The van der Waals surface area contributed by atoms with Gasteiger partial charge in [-0.2, -0.15) is 0 Å². The maximum Gasteiger partial charge on any atom is 0.183 e. The zero-order chi connectivity index (χ0) is 9.72. The van der Waals surface area contributed by atoms with Gasteiger partial charge >= 0.3 is 0 Å². The molecule has 0 aliphatic carbocycles. The Balaban J connectivity index is 4.07. The van der Waals surface area contributed by atoms with E-state index in [2.05, 4.69) is 0 Å². The summed E-state index contributed by atoms with van der Waals surface area (Å²) < 4.78 is 12.3. The highest BCUT2D eigenvalue weighted by Gasteiger charge is 2.30. The fourth-order valence-corrected chi connectivity index (χ4v) is 0.604. The van der Waals surface area contributed by atoms with Crippen molar-refractivity contribution in [2.24, 2.45) is 0 Å². The minimum atomic E-state index is -2.26. The molecular weight excluding hydrogens is 171 g/mol. The predicted molar refractivity (Wildman–Crippen MR) is 36.1 cm³/mol. The summed E-state index contributed by atoms with van der Waals surface area (Å²) in [7, 11) is 0. The van der Waals surface area contributed by atoms with Gasteiger partial charge in [-0.25, -0.2) is 4.39 Å². The molecule has 0 fully saturated rings. The molecule has 0 rings (SSSR count). The minimum absolute atomic E-state index is 0.196. The molecule has 0 aromatic carbocycles. The Bertz CT molecular complexity index is 142. The van der Waals surface area contributed by atoms with Gasteiger partial charge in [-0.1, -0.05) is 0 Å². The summed E-state index contributed by atoms with van der Waals surface area (Å²) in [5.41, 5.74) is 0. The lowest BCUT2D eigenvalue weighted by molar-refractivity contribution is -0.127. The molecular formula is C6H11FO5. The van der Waals surface area contributed by atoms with E-state index >= 15 is 0 Å². The normalized spacial score (nSPS) is 21.1. The summed E-state index contributed by atoms with van der Waals surface area (Å²) in [4.78, 5) is 9.77. The van der Waals surface area contributed by atoms with Crippen molar-refractivity contribution in [3.8, 4) is 0 Å². The number of hydrogen-bond acceptors (Lipinski definition) is 5. The van der Waals surface area contributed by atoms with Crippen LogP contribution in [0, 0.1) is 0 Å². The van der Waals surface area contributed by atoms with Crippen LogP contribution < -0.4 is 0 Å². The zero-order valence-electron chi connectivity index (χ0n) is 6.17. The average Bonchev–Trinajstić information content (AvgIpc) is 2.12. The lowest BCUT2D eigenvalue weighted by Gasteiger charge is -2.21. The molecule has 0 spiro atoms. The molecule has 0 amide bonds. The maximum absolute atomic E-state index is 12.3. The fourth-order valence-electron chi connectivity index (χ4n) is 0.604. The highest BCUT2D eigenvalue weighted by atomic mass is 19.1. The van der Waals surface area contributed by atoms with E-state index in [-0.39, 0.29) is 6.29 Å². The van der Waals surface area contributed by atoms with E-state index in [1.54, 1.807) is 0 Å². The van der Waals surface area contributed by atoms with Crippen molar-refractivity contribution in [1.29, 1.82) is 0 Å². The predicted octanol–water partition coefficient (Wildman–Crippen LogP) is -2.40. The summed E-state index contributed by atoms with van der Waals surface area (Å²) >= 11 is 0. The third-order valence-electron chi connectivity index (χ3n) is 1.39. The maximum atomic E-state index is 12.3. The van der Waals surface area contributed by atoms with E-state index in [0.717, 1.165) is 0 Å². The fraction of sp³-hybridized carbons (Fsp3) is 0.833. The van der Waals surface area contributed by atoms with Crippen LogP contribution in [0.4, 0.5) is 4.39 Å². The Morgan fingerprint density at radius 3 is 2.08 bits per heavy atom. The summed E-state index contributed by atoms with van der Waals surface area (Å²) in [6.45, 7) is -0.816. The molecule has 12 heavy (non-hydrogen) atoms. The monoisotopic (exact) mass is 182 g/mol. The number of aliphatic hydroxyl groups is 4. The molecule has 0 bridgehead atoms. The van der Waals surface area contributed by atoms with Gasteiger partial charge in [0, 0.05) is 0 Å². The molecule has 0 saturated heterocycles. The Hall–Kier alpha value is -0.560. The first-order valence-corrected chi connectivity index (χ1v) is 3.29. The van der Waals surface area contributed by atoms with Gasteiger partial charge in [-0.15, -0.1) is 0 Å². The molecule has 0 aliphatic heterocycles. The van der Waals surface area contributed by atoms with Gasteiger partial charge in [0.1, 0.15) is 18.3 Å². The second-order valence-electron chi connectivity index (χ2n) is 2.31. The lowest BCUT2D eigenvalue weighted by Crippen LogP contribution is -2.44. The number of halogens is 1. The highest BCUT2D eigenvalue weighted by Crippen LogP contribution is 2.05. The van der Waals surface area contributed by atoms with Crippen molar-refractivity contribution < 1.29 is 29.6 Å². The molecule has 4 atom stereocenters. The Kier molecular flexibility index (Phi) is 4.91. The SMILES string of the molecule is O=C[C@@H](F)[C@@H](O)[C@@H](O)[C@H](O)CO. The molecule has 0 radical (unpaired) electrons. The molecule has 0 aliphatic rings. The van der Waals surface area contributed by atoms with E-state index in [9.17, 15) is 9.18 Å². The number of rotatable bonds is 5. The van der Waals surface area contributed by atoms with Crippen LogP contribution in [0.1, 0.15) is 0 Å². The van der Waals surface area contributed by atoms with Gasteiger partial charge in [-0.05, 0) is 0 Å². The van der Waals surface area contributed by atoms with Crippen LogP contribution in [0.15, 0.2) is 0 Å². The van der Waals surface area contributed by atoms with E-state index in [0.29, 0.717) is 0 Å². The van der Waals surface area contributed by atoms with Crippen LogP contribution in [0.25, 0.3) is 0 Å². The van der Waals surface area contributed by atoms with Crippen molar-refractivity contribution in [3.63, 3.8) is 0 Å². The molecule has 0 heterocycles. The van der Waals surface area contributed by atoms with Gasteiger partial charge in [0.15, 0.2) is 12.5 Å². The van der Waals surface area contributed by atoms with Gasteiger partial charge < -0.3 is 25.2 Å². The molecule has 0 aromatic rings. The minimum Gasteiger partial charge on any atom is -0.394 e. The van der Waals surface area contributed by atoms with Crippen molar-refractivity contribution >= 4 is 6.29 Å². The third kappa shape index (κ3) is 2.82. The summed E-state index contributed by atoms with van der Waals surface area (Å²) in [6.07, 6.45) is -7.99. The van der Waals surface area contributed by atoms with Crippen LogP contribution in [-0.4, -0.2) is 57.8 Å². The van der Waals surface area contributed by atoms with E-state index in [1.807, 2.05) is 0 Å². The third-order valence-corrected chi connectivity index (χ3v) is 1.39. The largest absolute Gasteiger partial charge is 0.394 e. The first-order chi connectivity index (χ1) is 5.54. The Morgan fingerprint density at radius 1 is 1.25 bits per heavy atom. The van der Waals surface area contributed by atoms with Crippen molar-refractivity contribution in [1.82, 2.24) is 0 Å². The van der Waals surface area contributed by atoms with Gasteiger partial charge in [-0.3, -0.25) is 0 Å². The van der Waals surface area contributed by atoms with E-state index in [4.69, 9.17) is 20.4 Å². The molecule has 6 heteroatoms. The molecule has 72 valence electrons. The lowest BCUT2D eigenvalue weighted by atomic mass is 10.1. The van der Waals surface area contributed by atoms with E-state index < -0.39 is 31.1 Å². The number of aliphatic hydroxyl groups excluding tert-OH is 4. The Labute approximate surface area is 68.1 Å². The molecule has 5 nitrogen and oxygen atoms in total. The number of aldehydes is 1.